The average molecular weight is 363 g/mol. The Bertz CT molecular complexity index is 743. The SMILES string of the molecule is CC[NH+]1CCN(c2ccc(NC(=O)c3ccc(F)cc3)cc2Cl)CC1. The molecule has 132 valence electrons. The lowest BCUT2D eigenvalue weighted by molar-refractivity contribution is -0.898. The highest BCUT2D eigenvalue weighted by atomic mass is 35.5. The zero-order chi connectivity index (χ0) is 17.8. The Hall–Kier alpha value is -2.11. The maximum Gasteiger partial charge on any atom is 0.255 e. The third-order valence-electron chi connectivity index (χ3n) is 4.62. The molecule has 4 nitrogen and oxygen atoms in total. The smallest absolute Gasteiger partial charge is 0.255 e. The Morgan fingerprint density at radius 1 is 1.20 bits per heavy atom. The number of hydrogen-bond donors (Lipinski definition) is 2. The Morgan fingerprint density at radius 2 is 1.88 bits per heavy atom. The standard InChI is InChI=1S/C19H21ClFN3O/c1-2-23-9-11-24(12-10-23)18-8-7-16(13-17(18)20)22-19(25)14-3-5-15(21)6-4-14/h3-8,13H,2,9-12H2,1H3,(H,22,25)/p+1. The van der Waals surface area contributed by atoms with E-state index in [1.165, 1.54) is 24.3 Å². The third-order valence-corrected chi connectivity index (χ3v) is 4.93. The minimum atomic E-state index is -0.367. The van der Waals surface area contributed by atoms with Crippen molar-refractivity contribution in [2.24, 2.45) is 0 Å². The number of nitrogens with one attached hydrogen (secondary N) is 2. The fourth-order valence-electron chi connectivity index (χ4n) is 3.06. The molecule has 6 heteroatoms. The fourth-order valence-corrected chi connectivity index (χ4v) is 3.36. The van der Waals surface area contributed by atoms with Crippen LogP contribution < -0.4 is 15.1 Å². The monoisotopic (exact) mass is 362 g/mol. The van der Waals surface area contributed by atoms with Gasteiger partial charge < -0.3 is 15.1 Å². The molecule has 0 bridgehead atoms. The largest absolute Gasteiger partial charge is 0.359 e. The van der Waals surface area contributed by atoms with Gasteiger partial charge in [-0.15, -0.1) is 0 Å². The summed E-state index contributed by atoms with van der Waals surface area (Å²) < 4.78 is 12.9. The molecule has 1 aliphatic heterocycles. The van der Waals surface area contributed by atoms with Crippen molar-refractivity contribution in [2.45, 2.75) is 6.92 Å². The topological polar surface area (TPSA) is 36.8 Å². The number of hydrogen-bond acceptors (Lipinski definition) is 2. The van der Waals surface area contributed by atoms with E-state index in [1.807, 2.05) is 12.1 Å². The van der Waals surface area contributed by atoms with Crippen LogP contribution in [-0.2, 0) is 0 Å². The molecule has 0 atom stereocenters. The summed E-state index contributed by atoms with van der Waals surface area (Å²) in [5.41, 5.74) is 2.03. The quantitative estimate of drug-likeness (QED) is 0.876. The van der Waals surface area contributed by atoms with Crippen LogP contribution in [0.2, 0.25) is 5.02 Å². The highest BCUT2D eigenvalue weighted by Crippen LogP contribution is 2.29. The van der Waals surface area contributed by atoms with Gasteiger partial charge in [0.1, 0.15) is 5.82 Å². The molecule has 0 aliphatic carbocycles. The minimum absolute atomic E-state index is 0.288. The van der Waals surface area contributed by atoms with Crippen molar-refractivity contribution in [1.82, 2.24) is 0 Å². The molecule has 0 aromatic heterocycles. The van der Waals surface area contributed by atoms with Crippen molar-refractivity contribution >= 4 is 28.9 Å². The number of quaternary nitrogens is 1. The maximum absolute atomic E-state index is 12.9. The van der Waals surface area contributed by atoms with Crippen LogP contribution in [0.25, 0.3) is 0 Å². The molecule has 0 spiro atoms. The van der Waals surface area contributed by atoms with E-state index in [0.717, 1.165) is 38.4 Å². The molecule has 0 radical (unpaired) electrons. The Balaban J connectivity index is 1.67. The normalized spacial score (nSPS) is 15.2. The molecule has 0 unspecified atom stereocenters. The first-order chi connectivity index (χ1) is 12.1. The minimum Gasteiger partial charge on any atom is -0.359 e. The summed E-state index contributed by atoms with van der Waals surface area (Å²) in [7, 11) is 0. The Kier molecular flexibility index (Phi) is 5.56. The summed E-state index contributed by atoms with van der Waals surface area (Å²) in [6.07, 6.45) is 0. The van der Waals surface area contributed by atoms with E-state index < -0.39 is 0 Å². The van der Waals surface area contributed by atoms with Crippen LogP contribution in [0.4, 0.5) is 15.8 Å². The van der Waals surface area contributed by atoms with Crippen LogP contribution in [0.15, 0.2) is 42.5 Å². The molecule has 3 rings (SSSR count). The Morgan fingerprint density at radius 3 is 2.48 bits per heavy atom. The molecule has 2 aromatic carbocycles. The maximum atomic E-state index is 12.9. The summed E-state index contributed by atoms with van der Waals surface area (Å²) in [6.45, 7) is 7.52. The van der Waals surface area contributed by atoms with Crippen molar-refractivity contribution in [3.05, 3.63) is 58.9 Å². The molecular formula is C19H22ClFN3O+. The molecule has 1 aliphatic rings. The molecule has 2 N–H and O–H groups in total. The van der Waals surface area contributed by atoms with Crippen LogP contribution in [0.5, 0.6) is 0 Å². The number of carbonyl (C=O) groups excluding carboxylic acids is 1. The summed E-state index contributed by atoms with van der Waals surface area (Å²) in [5.74, 6) is -0.655. The number of anilines is 2. The first-order valence-corrected chi connectivity index (χ1v) is 8.89. The van der Waals surface area contributed by atoms with Crippen molar-refractivity contribution in [3.63, 3.8) is 0 Å². The number of nitrogens with zero attached hydrogens (tertiary/aromatic N) is 1. The van der Waals surface area contributed by atoms with E-state index in [2.05, 4.69) is 17.1 Å². The summed E-state index contributed by atoms with van der Waals surface area (Å²) >= 11 is 6.43. The van der Waals surface area contributed by atoms with Gasteiger partial charge >= 0.3 is 0 Å². The average Bonchev–Trinajstić information content (AvgIpc) is 2.62. The van der Waals surface area contributed by atoms with Crippen molar-refractivity contribution in [2.75, 3.05) is 42.9 Å². The summed E-state index contributed by atoms with van der Waals surface area (Å²) in [5, 5.41) is 3.42. The number of halogens is 2. The van der Waals surface area contributed by atoms with Gasteiger partial charge in [-0.1, -0.05) is 11.6 Å². The van der Waals surface area contributed by atoms with Gasteiger partial charge in [-0.25, -0.2) is 4.39 Å². The van der Waals surface area contributed by atoms with Crippen LogP contribution in [-0.4, -0.2) is 38.6 Å². The molecule has 1 heterocycles. The second-order valence-corrected chi connectivity index (χ2v) is 6.63. The predicted octanol–water partition coefficient (Wildman–Crippen LogP) is 2.46. The Labute approximate surface area is 152 Å². The summed E-state index contributed by atoms with van der Waals surface area (Å²) in [6, 6.07) is 11.0. The molecule has 0 saturated carbocycles. The number of benzene rings is 2. The van der Waals surface area contributed by atoms with Gasteiger partial charge in [0.15, 0.2) is 0 Å². The molecule has 1 saturated heterocycles. The second-order valence-electron chi connectivity index (χ2n) is 6.22. The molecule has 25 heavy (non-hydrogen) atoms. The van der Waals surface area contributed by atoms with Crippen LogP contribution in [0, 0.1) is 5.82 Å². The highest BCUT2D eigenvalue weighted by molar-refractivity contribution is 6.33. The second kappa shape index (κ2) is 7.85. The zero-order valence-electron chi connectivity index (χ0n) is 14.2. The first-order valence-electron chi connectivity index (χ1n) is 8.52. The lowest BCUT2D eigenvalue weighted by atomic mass is 10.2. The van der Waals surface area contributed by atoms with Crippen LogP contribution in [0.3, 0.4) is 0 Å². The number of rotatable bonds is 4. The highest BCUT2D eigenvalue weighted by Gasteiger charge is 2.20. The lowest BCUT2D eigenvalue weighted by Crippen LogP contribution is -3.14. The third kappa shape index (κ3) is 4.30. The van der Waals surface area contributed by atoms with Gasteiger partial charge in [0.05, 0.1) is 43.4 Å². The van der Waals surface area contributed by atoms with Crippen molar-refractivity contribution in [1.29, 1.82) is 0 Å². The number of amides is 1. The predicted molar refractivity (Wildman–Crippen MR) is 99.3 cm³/mol. The van der Waals surface area contributed by atoms with E-state index in [-0.39, 0.29) is 11.7 Å². The van der Waals surface area contributed by atoms with E-state index in [0.29, 0.717) is 16.3 Å². The van der Waals surface area contributed by atoms with Gasteiger partial charge in [0.25, 0.3) is 5.91 Å². The van der Waals surface area contributed by atoms with Gasteiger partial charge in [0, 0.05) is 11.3 Å². The number of likely N-dealkylation sites (N-methyl/N-ethyl adjacent to an activating group) is 1. The van der Waals surface area contributed by atoms with E-state index in [9.17, 15) is 9.18 Å². The van der Waals surface area contributed by atoms with E-state index in [1.54, 1.807) is 11.0 Å². The van der Waals surface area contributed by atoms with Crippen molar-refractivity contribution in [3.8, 4) is 0 Å². The van der Waals surface area contributed by atoms with Crippen LogP contribution >= 0.6 is 11.6 Å². The van der Waals surface area contributed by atoms with Gasteiger partial charge in [0.2, 0.25) is 0 Å². The fraction of sp³-hybridized carbons (Fsp3) is 0.316. The molecule has 1 fully saturated rings. The van der Waals surface area contributed by atoms with Crippen molar-refractivity contribution < 1.29 is 14.1 Å². The van der Waals surface area contributed by atoms with Gasteiger partial charge in [-0.3, -0.25) is 4.79 Å². The van der Waals surface area contributed by atoms with E-state index >= 15 is 0 Å². The van der Waals surface area contributed by atoms with E-state index in [4.69, 9.17) is 11.6 Å². The molecule has 2 aromatic rings. The zero-order valence-corrected chi connectivity index (χ0v) is 14.9. The van der Waals surface area contributed by atoms with Gasteiger partial charge in [-0.05, 0) is 49.4 Å². The summed E-state index contributed by atoms with van der Waals surface area (Å²) in [4.78, 5) is 16.1. The first kappa shape index (κ1) is 17.7. The van der Waals surface area contributed by atoms with Crippen LogP contribution in [0.1, 0.15) is 17.3 Å². The van der Waals surface area contributed by atoms with Gasteiger partial charge in [-0.2, -0.15) is 0 Å². The molecular weight excluding hydrogens is 341 g/mol. The lowest BCUT2D eigenvalue weighted by Gasteiger charge is -2.33. The molecule has 1 amide bonds. The number of piperazine rings is 1. The number of carbonyl (C=O) groups is 1.